The van der Waals surface area contributed by atoms with Gasteiger partial charge < -0.3 is 9.32 Å². The zero-order valence-electron chi connectivity index (χ0n) is 15.1. The zero-order valence-corrected chi connectivity index (χ0v) is 16.7. The van der Waals surface area contributed by atoms with Crippen LogP contribution in [0.4, 0.5) is 5.95 Å². The first-order valence-electron chi connectivity index (χ1n) is 9.20. The van der Waals surface area contributed by atoms with E-state index in [0.717, 1.165) is 49.5 Å². The highest BCUT2D eigenvalue weighted by Crippen LogP contribution is 2.24. The summed E-state index contributed by atoms with van der Waals surface area (Å²) in [5.74, 6) is 2.11. The van der Waals surface area contributed by atoms with E-state index in [1.54, 1.807) is 16.4 Å². The molecule has 0 radical (unpaired) electrons. The zero-order chi connectivity index (χ0) is 17.9. The molecule has 0 saturated carbocycles. The van der Waals surface area contributed by atoms with Crippen molar-refractivity contribution in [3.63, 3.8) is 0 Å². The SMILES string of the molecule is Cc1cc(SCc2nn(CN3CCCC3)c(=S)o2)nc(N2CCCC2)n1. The molecule has 2 saturated heterocycles. The topological polar surface area (TPSA) is 63.2 Å². The molecule has 0 N–H and O–H groups in total. The Morgan fingerprint density at radius 1 is 1.12 bits per heavy atom. The van der Waals surface area contributed by atoms with Crippen LogP contribution in [0.5, 0.6) is 0 Å². The lowest BCUT2D eigenvalue weighted by atomic mass is 10.4. The van der Waals surface area contributed by atoms with Crippen LogP contribution in [0.15, 0.2) is 15.5 Å². The van der Waals surface area contributed by atoms with Crippen molar-refractivity contribution in [2.24, 2.45) is 0 Å². The second kappa shape index (κ2) is 8.06. The molecule has 2 aromatic heterocycles. The van der Waals surface area contributed by atoms with Gasteiger partial charge in [-0.25, -0.2) is 14.6 Å². The number of hydrogen-bond donors (Lipinski definition) is 0. The predicted octanol–water partition coefficient (Wildman–Crippen LogP) is 3.25. The Hall–Kier alpha value is -1.45. The summed E-state index contributed by atoms with van der Waals surface area (Å²) in [5.41, 5.74) is 0.991. The van der Waals surface area contributed by atoms with Crippen molar-refractivity contribution in [1.29, 1.82) is 0 Å². The fourth-order valence-electron chi connectivity index (χ4n) is 3.40. The highest BCUT2D eigenvalue weighted by Gasteiger charge is 2.17. The largest absolute Gasteiger partial charge is 0.413 e. The van der Waals surface area contributed by atoms with E-state index in [1.807, 2.05) is 13.0 Å². The van der Waals surface area contributed by atoms with Crippen LogP contribution in [-0.2, 0) is 12.4 Å². The molecule has 26 heavy (non-hydrogen) atoms. The summed E-state index contributed by atoms with van der Waals surface area (Å²) in [4.78, 5) is 14.4. The third kappa shape index (κ3) is 4.27. The number of nitrogens with zero attached hydrogens (tertiary/aromatic N) is 6. The molecular formula is C17H24N6OS2. The number of hydrogen-bond acceptors (Lipinski definition) is 8. The van der Waals surface area contributed by atoms with Crippen LogP contribution in [0.25, 0.3) is 0 Å². The second-order valence-corrected chi connectivity index (χ2v) is 8.20. The van der Waals surface area contributed by atoms with Crippen molar-refractivity contribution < 1.29 is 4.42 Å². The van der Waals surface area contributed by atoms with E-state index in [2.05, 4.69) is 19.9 Å². The molecule has 0 amide bonds. The minimum Gasteiger partial charge on any atom is -0.413 e. The fraction of sp³-hybridized carbons (Fsp3) is 0.647. The smallest absolute Gasteiger partial charge is 0.288 e. The molecule has 7 nitrogen and oxygen atoms in total. The van der Waals surface area contributed by atoms with Gasteiger partial charge in [0.1, 0.15) is 5.03 Å². The van der Waals surface area contributed by atoms with Crippen molar-refractivity contribution in [3.05, 3.63) is 22.5 Å². The van der Waals surface area contributed by atoms with Crippen molar-refractivity contribution in [2.75, 3.05) is 31.1 Å². The molecule has 0 aliphatic carbocycles. The van der Waals surface area contributed by atoms with Crippen molar-refractivity contribution in [1.82, 2.24) is 24.6 Å². The Morgan fingerprint density at radius 2 is 1.85 bits per heavy atom. The van der Waals surface area contributed by atoms with Crippen molar-refractivity contribution in [2.45, 2.75) is 50.1 Å². The first-order valence-corrected chi connectivity index (χ1v) is 10.6. The number of anilines is 1. The second-order valence-electron chi connectivity index (χ2n) is 6.86. The molecule has 4 rings (SSSR count). The summed E-state index contributed by atoms with van der Waals surface area (Å²) >= 11 is 6.94. The van der Waals surface area contributed by atoms with Gasteiger partial charge >= 0.3 is 0 Å². The molecule has 2 fully saturated rings. The molecule has 2 aliphatic rings. The maximum atomic E-state index is 5.67. The predicted molar refractivity (Wildman–Crippen MR) is 104 cm³/mol. The normalized spacial score (nSPS) is 18.1. The van der Waals surface area contributed by atoms with E-state index in [0.29, 0.717) is 16.5 Å². The lowest BCUT2D eigenvalue weighted by molar-refractivity contribution is 0.249. The molecule has 9 heteroatoms. The van der Waals surface area contributed by atoms with Gasteiger partial charge in [-0.05, 0) is 64.0 Å². The standard InChI is InChI=1S/C17H24N6OS2/c1-13-10-15(19-16(18-13)22-8-4-5-9-22)26-11-14-20-23(17(25)24-14)12-21-6-2-3-7-21/h10H,2-9,11-12H2,1H3. The highest BCUT2D eigenvalue weighted by atomic mass is 32.2. The maximum Gasteiger partial charge on any atom is 0.288 e. The molecule has 0 aromatic carbocycles. The van der Waals surface area contributed by atoms with Crippen molar-refractivity contribution in [3.8, 4) is 0 Å². The van der Waals surface area contributed by atoms with Crippen LogP contribution in [0, 0.1) is 11.8 Å². The van der Waals surface area contributed by atoms with Gasteiger partial charge in [0.05, 0.1) is 12.4 Å². The quantitative estimate of drug-likeness (QED) is 0.422. The first-order chi connectivity index (χ1) is 12.7. The average Bonchev–Trinajstić information content (AvgIpc) is 3.36. The van der Waals surface area contributed by atoms with Gasteiger partial charge in [0.2, 0.25) is 11.8 Å². The van der Waals surface area contributed by atoms with Crippen LogP contribution in [0.3, 0.4) is 0 Å². The summed E-state index contributed by atoms with van der Waals surface area (Å²) in [6.45, 7) is 7.04. The van der Waals surface area contributed by atoms with Crippen molar-refractivity contribution >= 4 is 29.9 Å². The van der Waals surface area contributed by atoms with E-state index < -0.39 is 0 Å². The molecule has 2 aromatic rings. The molecule has 0 unspecified atom stereocenters. The summed E-state index contributed by atoms with van der Waals surface area (Å²) in [7, 11) is 0. The van der Waals surface area contributed by atoms with E-state index >= 15 is 0 Å². The van der Waals surface area contributed by atoms with Crippen LogP contribution < -0.4 is 4.90 Å². The Balaban J connectivity index is 1.41. The molecule has 0 bridgehead atoms. The highest BCUT2D eigenvalue weighted by molar-refractivity contribution is 7.98. The lowest BCUT2D eigenvalue weighted by Crippen LogP contribution is -2.23. The first kappa shape index (κ1) is 17.9. The number of likely N-dealkylation sites (tertiary alicyclic amines) is 1. The molecule has 0 spiro atoms. The summed E-state index contributed by atoms with van der Waals surface area (Å²) < 4.78 is 7.46. The van der Waals surface area contributed by atoms with Crippen LogP contribution >= 0.6 is 24.0 Å². The van der Waals surface area contributed by atoms with E-state index in [9.17, 15) is 0 Å². The van der Waals surface area contributed by atoms with E-state index in [-0.39, 0.29) is 0 Å². The number of rotatable bonds is 6. The molecular weight excluding hydrogens is 368 g/mol. The average molecular weight is 393 g/mol. The van der Waals surface area contributed by atoms with Crippen LogP contribution in [0.1, 0.15) is 37.3 Å². The minimum absolute atomic E-state index is 0.448. The minimum atomic E-state index is 0.448. The Labute approximate surface area is 162 Å². The third-order valence-corrected chi connectivity index (χ3v) is 5.92. The molecule has 140 valence electrons. The van der Waals surface area contributed by atoms with Gasteiger partial charge in [0, 0.05) is 18.8 Å². The van der Waals surface area contributed by atoms with Gasteiger partial charge in [-0.2, -0.15) is 0 Å². The third-order valence-electron chi connectivity index (χ3n) is 4.73. The summed E-state index contributed by atoms with van der Waals surface area (Å²) in [6.07, 6.45) is 4.93. The number of aromatic nitrogens is 4. The fourth-order valence-corrected chi connectivity index (χ4v) is 4.39. The van der Waals surface area contributed by atoms with Gasteiger partial charge in [-0.1, -0.05) is 11.8 Å². The van der Waals surface area contributed by atoms with Crippen LogP contribution in [0.2, 0.25) is 0 Å². The lowest BCUT2D eigenvalue weighted by Gasteiger charge is -2.16. The maximum absolute atomic E-state index is 5.67. The Morgan fingerprint density at radius 3 is 2.62 bits per heavy atom. The van der Waals surface area contributed by atoms with Crippen LogP contribution in [-0.4, -0.2) is 50.8 Å². The van der Waals surface area contributed by atoms with Gasteiger partial charge in [0.25, 0.3) is 4.84 Å². The van der Waals surface area contributed by atoms with E-state index in [4.69, 9.17) is 21.6 Å². The number of thioether (sulfide) groups is 1. The van der Waals surface area contributed by atoms with E-state index in [1.165, 1.54) is 25.7 Å². The summed E-state index contributed by atoms with van der Waals surface area (Å²) in [5, 5.41) is 5.49. The molecule has 2 aliphatic heterocycles. The van der Waals surface area contributed by atoms with Gasteiger partial charge in [-0.3, -0.25) is 4.90 Å². The van der Waals surface area contributed by atoms with Gasteiger partial charge in [0.15, 0.2) is 0 Å². The monoisotopic (exact) mass is 392 g/mol. The number of aryl methyl sites for hydroxylation is 1. The van der Waals surface area contributed by atoms with Gasteiger partial charge in [-0.15, -0.1) is 5.10 Å². The Bertz CT molecular complexity index is 808. The molecule has 4 heterocycles. The summed E-state index contributed by atoms with van der Waals surface area (Å²) in [6, 6.07) is 2.01. The molecule has 0 atom stereocenters. The Kier molecular flexibility index (Phi) is 5.56.